The summed E-state index contributed by atoms with van der Waals surface area (Å²) in [5, 5.41) is 6.22. The molecule has 2 rings (SSSR count). The molecule has 0 saturated carbocycles. The van der Waals surface area contributed by atoms with E-state index in [1.54, 1.807) is 12.4 Å². The summed E-state index contributed by atoms with van der Waals surface area (Å²) in [4.78, 5) is 15.8. The lowest BCUT2D eigenvalue weighted by molar-refractivity contribution is -0.123. The van der Waals surface area contributed by atoms with Gasteiger partial charge < -0.3 is 10.6 Å². The van der Waals surface area contributed by atoms with Crippen LogP contribution in [-0.4, -0.2) is 30.0 Å². The average molecular weight is 270 g/mol. The smallest absolute Gasteiger partial charge is 0.237 e. The van der Waals surface area contributed by atoms with E-state index >= 15 is 0 Å². The van der Waals surface area contributed by atoms with Crippen LogP contribution in [0.2, 0.25) is 0 Å². The molecule has 0 bridgehead atoms. The predicted molar refractivity (Wildman–Crippen MR) is 73.8 cm³/mol. The van der Waals surface area contributed by atoms with Crippen molar-refractivity contribution in [1.82, 2.24) is 15.6 Å². The number of rotatable bonds is 4. The van der Waals surface area contributed by atoms with Crippen LogP contribution in [0.4, 0.5) is 0 Å². The van der Waals surface area contributed by atoms with E-state index in [4.69, 9.17) is 0 Å². The highest BCUT2D eigenvalue weighted by molar-refractivity contribution is 5.85. The average Bonchev–Trinajstić information content (AvgIpc) is 2.41. The maximum atomic E-state index is 11.8. The minimum Gasteiger partial charge on any atom is -0.354 e. The molecule has 1 saturated heterocycles. The summed E-state index contributed by atoms with van der Waals surface area (Å²) in [6, 6.07) is 3.97. The van der Waals surface area contributed by atoms with Crippen molar-refractivity contribution < 1.29 is 4.79 Å². The molecule has 0 aliphatic carbocycles. The first kappa shape index (κ1) is 14.9. The Labute approximate surface area is 114 Å². The molecule has 1 aliphatic rings. The fourth-order valence-electron chi connectivity index (χ4n) is 2.08. The van der Waals surface area contributed by atoms with Gasteiger partial charge in [-0.05, 0) is 43.5 Å². The number of piperidine rings is 1. The second kappa shape index (κ2) is 8.06. The van der Waals surface area contributed by atoms with Crippen LogP contribution in [0.1, 0.15) is 24.8 Å². The van der Waals surface area contributed by atoms with Crippen LogP contribution in [0.3, 0.4) is 0 Å². The minimum absolute atomic E-state index is 0. The molecule has 1 aromatic rings. The SMILES string of the molecule is Cl.O=C(NCCc1ccncc1)[C@H]1CCCCN1. The van der Waals surface area contributed by atoms with Gasteiger partial charge in [-0.3, -0.25) is 9.78 Å². The Balaban J connectivity index is 0.00000162. The number of hydrogen-bond acceptors (Lipinski definition) is 3. The van der Waals surface area contributed by atoms with E-state index in [0.29, 0.717) is 6.54 Å². The Morgan fingerprint density at radius 2 is 2.17 bits per heavy atom. The molecule has 0 radical (unpaired) electrons. The maximum Gasteiger partial charge on any atom is 0.237 e. The van der Waals surface area contributed by atoms with Gasteiger partial charge in [-0.2, -0.15) is 0 Å². The van der Waals surface area contributed by atoms with Crippen LogP contribution < -0.4 is 10.6 Å². The van der Waals surface area contributed by atoms with E-state index in [9.17, 15) is 4.79 Å². The van der Waals surface area contributed by atoms with Crippen LogP contribution in [0.5, 0.6) is 0 Å². The molecule has 18 heavy (non-hydrogen) atoms. The van der Waals surface area contributed by atoms with Crippen LogP contribution >= 0.6 is 12.4 Å². The molecule has 0 aromatic carbocycles. The second-order valence-electron chi connectivity index (χ2n) is 4.40. The van der Waals surface area contributed by atoms with Gasteiger partial charge in [0.2, 0.25) is 5.91 Å². The largest absolute Gasteiger partial charge is 0.354 e. The highest BCUT2D eigenvalue weighted by Crippen LogP contribution is 2.06. The van der Waals surface area contributed by atoms with Crippen molar-refractivity contribution in [3.05, 3.63) is 30.1 Å². The fourth-order valence-corrected chi connectivity index (χ4v) is 2.08. The van der Waals surface area contributed by atoms with E-state index in [0.717, 1.165) is 25.8 Å². The van der Waals surface area contributed by atoms with E-state index in [2.05, 4.69) is 15.6 Å². The Bertz CT molecular complexity index is 353. The molecular formula is C13H20ClN3O. The fraction of sp³-hybridized carbons (Fsp3) is 0.538. The van der Waals surface area contributed by atoms with Crippen LogP contribution in [0, 0.1) is 0 Å². The Hall–Kier alpha value is -1.13. The van der Waals surface area contributed by atoms with Gasteiger partial charge in [0.05, 0.1) is 6.04 Å². The lowest BCUT2D eigenvalue weighted by atomic mass is 10.0. The van der Waals surface area contributed by atoms with Crippen LogP contribution in [0.15, 0.2) is 24.5 Å². The number of halogens is 1. The van der Waals surface area contributed by atoms with Crippen molar-refractivity contribution in [3.8, 4) is 0 Å². The number of carbonyl (C=O) groups excluding carboxylic acids is 1. The number of pyridine rings is 1. The molecule has 1 atom stereocenters. The summed E-state index contributed by atoms with van der Waals surface area (Å²) in [5.74, 6) is 0.138. The van der Waals surface area contributed by atoms with Gasteiger partial charge in [-0.25, -0.2) is 0 Å². The first-order valence-corrected chi connectivity index (χ1v) is 6.26. The molecule has 0 spiro atoms. The van der Waals surface area contributed by atoms with Crippen molar-refractivity contribution in [3.63, 3.8) is 0 Å². The Kier molecular flexibility index (Phi) is 6.68. The molecule has 1 amide bonds. The van der Waals surface area contributed by atoms with Crippen LogP contribution in [0.25, 0.3) is 0 Å². The van der Waals surface area contributed by atoms with Crippen molar-refractivity contribution in [1.29, 1.82) is 0 Å². The number of hydrogen-bond donors (Lipinski definition) is 2. The molecule has 1 aliphatic heterocycles. The third kappa shape index (κ3) is 4.63. The quantitative estimate of drug-likeness (QED) is 0.866. The lowest BCUT2D eigenvalue weighted by Crippen LogP contribution is -2.47. The van der Waals surface area contributed by atoms with Gasteiger partial charge in [-0.15, -0.1) is 12.4 Å². The first-order valence-electron chi connectivity index (χ1n) is 6.26. The third-order valence-electron chi connectivity index (χ3n) is 3.09. The molecule has 4 nitrogen and oxygen atoms in total. The summed E-state index contributed by atoms with van der Waals surface area (Å²) in [7, 11) is 0. The summed E-state index contributed by atoms with van der Waals surface area (Å²) in [6.45, 7) is 1.66. The maximum absolute atomic E-state index is 11.8. The van der Waals surface area contributed by atoms with E-state index < -0.39 is 0 Å². The molecule has 5 heteroatoms. The summed E-state index contributed by atoms with van der Waals surface area (Å²) in [5.41, 5.74) is 1.21. The van der Waals surface area contributed by atoms with Gasteiger partial charge >= 0.3 is 0 Å². The Morgan fingerprint density at radius 1 is 1.39 bits per heavy atom. The number of aromatic nitrogens is 1. The van der Waals surface area contributed by atoms with Crippen molar-refractivity contribution in [2.45, 2.75) is 31.7 Å². The number of nitrogens with zero attached hydrogens (tertiary/aromatic N) is 1. The first-order chi connectivity index (χ1) is 8.36. The third-order valence-corrected chi connectivity index (χ3v) is 3.09. The van der Waals surface area contributed by atoms with Gasteiger partial charge in [0.25, 0.3) is 0 Å². The van der Waals surface area contributed by atoms with Gasteiger partial charge in [0, 0.05) is 18.9 Å². The predicted octanol–water partition coefficient (Wildman–Crippen LogP) is 1.30. The normalized spacial score (nSPS) is 18.8. The molecular weight excluding hydrogens is 250 g/mol. The van der Waals surface area contributed by atoms with Gasteiger partial charge in [0.15, 0.2) is 0 Å². The molecule has 1 aromatic heterocycles. The van der Waals surface area contributed by atoms with E-state index in [1.807, 2.05) is 12.1 Å². The summed E-state index contributed by atoms with van der Waals surface area (Å²) >= 11 is 0. The highest BCUT2D eigenvalue weighted by atomic mass is 35.5. The lowest BCUT2D eigenvalue weighted by Gasteiger charge is -2.22. The van der Waals surface area contributed by atoms with Crippen LogP contribution in [-0.2, 0) is 11.2 Å². The Morgan fingerprint density at radius 3 is 2.83 bits per heavy atom. The minimum atomic E-state index is 0. The van der Waals surface area contributed by atoms with Gasteiger partial charge in [0.1, 0.15) is 0 Å². The molecule has 1 fully saturated rings. The van der Waals surface area contributed by atoms with E-state index in [-0.39, 0.29) is 24.4 Å². The molecule has 0 unspecified atom stereocenters. The number of amides is 1. The standard InChI is InChI=1S/C13H19N3O.ClH/c17-13(12-3-1-2-7-15-12)16-10-6-11-4-8-14-9-5-11;/h4-5,8-9,12,15H,1-3,6-7,10H2,(H,16,17);1H/t12-;/m1./s1. The molecule has 2 heterocycles. The van der Waals surface area contributed by atoms with Crippen molar-refractivity contribution in [2.24, 2.45) is 0 Å². The van der Waals surface area contributed by atoms with Gasteiger partial charge in [-0.1, -0.05) is 6.42 Å². The monoisotopic (exact) mass is 269 g/mol. The molecule has 100 valence electrons. The topological polar surface area (TPSA) is 54.0 Å². The van der Waals surface area contributed by atoms with Crippen molar-refractivity contribution >= 4 is 18.3 Å². The summed E-state index contributed by atoms with van der Waals surface area (Å²) < 4.78 is 0. The number of nitrogens with one attached hydrogen (secondary N) is 2. The number of carbonyl (C=O) groups is 1. The zero-order chi connectivity index (χ0) is 11.9. The molecule has 2 N–H and O–H groups in total. The summed E-state index contributed by atoms with van der Waals surface area (Å²) in [6.07, 6.45) is 7.71. The second-order valence-corrected chi connectivity index (χ2v) is 4.40. The van der Waals surface area contributed by atoms with Crippen molar-refractivity contribution in [2.75, 3.05) is 13.1 Å². The highest BCUT2D eigenvalue weighted by Gasteiger charge is 2.19. The zero-order valence-electron chi connectivity index (χ0n) is 10.4. The zero-order valence-corrected chi connectivity index (χ0v) is 11.2. The van der Waals surface area contributed by atoms with E-state index in [1.165, 1.54) is 12.0 Å².